The first kappa shape index (κ1) is 39.2. The summed E-state index contributed by atoms with van der Waals surface area (Å²) in [6, 6.07) is 41.7. The van der Waals surface area contributed by atoms with Crippen LogP contribution in [-0.2, 0) is 27.1 Å². The number of benzene rings is 6. The van der Waals surface area contributed by atoms with E-state index in [0.29, 0.717) is 0 Å². The summed E-state index contributed by atoms with van der Waals surface area (Å²) in [6.07, 6.45) is 0. The van der Waals surface area contributed by atoms with Crippen molar-refractivity contribution in [1.29, 1.82) is 0 Å². The third-order valence-corrected chi connectivity index (χ3v) is 14.2. The van der Waals surface area contributed by atoms with Gasteiger partial charge in [-0.15, -0.1) is 0 Å². The Labute approximate surface area is 361 Å². The first-order valence-electron chi connectivity index (χ1n) is 22.4. The molecule has 302 valence electrons. The van der Waals surface area contributed by atoms with Crippen LogP contribution in [0.2, 0.25) is 0 Å². The Balaban J connectivity index is 1.38. The molecular formula is C56H62B2N2. The van der Waals surface area contributed by atoms with Gasteiger partial charge in [-0.05, 0) is 124 Å². The van der Waals surface area contributed by atoms with E-state index in [2.05, 4.69) is 217 Å². The molecule has 4 aliphatic heterocycles. The fourth-order valence-electron chi connectivity index (χ4n) is 10.6. The number of fused-ring (bicyclic) bond motifs is 9. The molecule has 0 radical (unpaired) electrons. The minimum absolute atomic E-state index is 0.00348. The zero-order valence-corrected chi connectivity index (χ0v) is 38.9. The minimum Gasteiger partial charge on any atom is -0.377 e. The highest BCUT2D eigenvalue weighted by Crippen LogP contribution is 2.52. The van der Waals surface area contributed by atoms with Gasteiger partial charge in [0.2, 0.25) is 0 Å². The van der Waals surface area contributed by atoms with Crippen LogP contribution in [-0.4, -0.2) is 13.6 Å². The molecule has 6 aromatic rings. The third kappa shape index (κ3) is 5.68. The second-order valence-electron chi connectivity index (χ2n) is 23.6. The average Bonchev–Trinajstić information content (AvgIpc) is 3.16. The van der Waals surface area contributed by atoms with Crippen LogP contribution in [0.25, 0.3) is 22.3 Å². The predicted molar refractivity (Wildman–Crippen MR) is 264 cm³/mol. The second-order valence-corrected chi connectivity index (χ2v) is 23.6. The average molecular weight is 785 g/mol. The molecule has 0 saturated heterocycles. The zero-order valence-electron chi connectivity index (χ0n) is 38.9. The van der Waals surface area contributed by atoms with Crippen LogP contribution in [0.3, 0.4) is 0 Å². The van der Waals surface area contributed by atoms with E-state index < -0.39 is 0 Å². The van der Waals surface area contributed by atoms with E-state index in [-0.39, 0.29) is 40.6 Å². The number of nitrogens with zero attached hydrogens (tertiary/aromatic N) is 2. The van der Waals surface area contributed by atoms with Crippen molar-refractivity contribution in [2.24, 2.45) is 0 Å². The summed E-state index contributed by atoms with van der Waals surface area (Å²) in [5, 5.41) is 0. The molecule has 0 amide bonds. The first-order valence-corrected chi connectivity index (χ1v) is 22.4. The highest BCUT2D eigenvalue weighted by Gasteiger charge is 2.52. The summed E-state index contributed by atoms with van der Waals surface area (Å²) in [4.78, 5) is 5.41. The number of anilines is 5. The van der Waals surface area contributed by atoms with E-state index >= 15 is 0 Å². The maximum absolute atomic E-state index is 2.82. The van der Waals surface area contributed by atoms with Crippen LogP contribution < -0.4 is 37.0 Å². The number of rotatable bonds is 1. The molecule has 0 fully saturated rings. The molecule has 4 heteroatoms. The van der Waals surface area contributed by atoms with Crippen molar-refractivity contribution in [3.8, 4) is 22.3 Å². The Kier molecular flexibility index (Phi) is 8.06. The molecule has 60 heavy (non-hydrogen) atoms. The lowest BCUT2D eigenvalue weighted by molar-refractivity contribution is 0.590. The predicted octanol–water partition coefficient (Wildman–Crippen LogP) is 11.7. The van der Waals surface area contributed by atoms with Crippen LogP contribution in [0, 0.1) is 0 Å². The quantitative estimate of drug-likeness (QED) is 0.153. The second kappa shape index (κ2) is 12.3. The van der Waals surface area contributed by atoms with Gasteiger partial charge in [0, 0.05) is 39.6 Å². The maximum Gasteiger partial charge on any atom is 0.329 e. The molecule has 10 rings (SSSR count). The summed E-state index contributed by atoms with van der Waals surface area (Å²) < 4.78 is 0. The van der Waals surface area contributed by atoms with Gasteiger partial charge in [0.05, 0.1) is 0 Å². The molecule has 0 N–H and O–H groups in total. The standard InChI is InChI=1S/C56H62B2N2/c1-52(2,3)33-16-21-38(22-17-33)59-47-26-20-36(55(10,11)12)31-45(47)57-46-32-37(56(13,14)15)28-42-40-24-19-35(54(7,8)9)30-44(40)58-43-29-34(53(4,5)6)18-23-39(43)41-25-27-48(59)49(57)51(41)60(58)50(42)46/h16-32H,1-15H3. The summed E-state index contributed by atoms with van der Waals surface area (Å²) in [5.74, 6) is 0. The molecule has 0 saturated carbocycles. The first-order chi connectivity index (χ1) is 27.9. The molecule has 0 bridgehead atoms. The molecule has 2 nitrogen and oxygen atoms in total. The molecule has 4 aliphatic rings. The Morgan fingerprint density at radius 3 is 1.32 bits per heavy atom. The van der Waals surface area contributed by atoms with E-state index in [0.717, 1.165) is 0 Å². The summed E-state index contributed by atoms with van der Waals surface area (Å²) in [6.45, 7) is 35.4. The number of hydrogen-bond acceptors (Lipinski definition) is 2. The van der Waals surface area contributed by atoms with Gasteiger partial charge in [-0.3, -0.25) is 0 Å². The molecule has 0 aromatic heterocycles. The molecule has 6 aromatic carbocycles. The van der Waals surface area contributed by atoms with Crippen molar-refractivity contribution in [3.05, 3.63) is 131 Å². The molecule has 0 spiro atoms. The van der Waals surface area contributed by atoms with Crippen molar-refractivity contribution in [1.82, 2.24) is 0 Å². The lowest BCUT2D eigenvalue weighted by Gasteiger charge is -2.52. The Morgan fingerprint density at radius 1 is 0.350 bits per heavy atom. The lowest BCUT2D eigenvalue weighted by Crippen LogP contribution is -2.69. The third-order valence-electron chi connectivity index (χ3n) is 14.2. The van der Waals surface area contributed by atoms with Gasteiger partial charge in [-0.2, -0.15) is 0 Å². The molecule has 0 atom stereocenters. The van der Waals surface area contributed by atoms with Gasteiger partial charge >= 0.3 is 6.85 Å². The molecular weight excluding hydrogens is 722 g/mol. The molecule has 0 aliphatic carbocycles. The van der Waals surface area contributed by atoms with Crippen LogP contribution >= 0.6 is 0 Å². The topological polar surface area (TPSA) is 6.48 Å². The van der Waals surface area contributed by atoms with Gasteiger partial charge in [0.15, 0.2) is 0 Å². The van der Waals surface area contributed by atoms with Crippen LogP contribution in [0.1, 0.15) is 132 Å². The Bertz CT molecular complexity index is 2790. The smallest absolute Gasteiger partial charge is 0.329 e. The van der Waals surface area contributed by atoms with Crippen molar-refractivity contribution in [3.63, 3.8) is 0 Å². The monoisotopic (exact) mass is 785 g/mol. The highest BCUT2D eigenvalue weighted by molar-refractivity contribution is 7.03. The van der Waals surface area contributed by atoms with Crippen LogP contribution in [0.4, 0.5) is 28.4 Å². The highest BCUT2D eigenvalue weighted by atomic mass is 15.2. The fourth-order valence-corrected chi connectivity index (χ4v) is 10.6. The van der Waals surface area contributed by atoms with Gasteiger partial charge in [-0.25, -0.2) is 0 Å². The van der Waals surface area contributed by atoms with Crippen LogP contribution in [0.15, 0.2) is 103 Å². The zero-order chi connectivity index (χ0) is 42.8. The van der Waals surface area contributed by atoms with Gasteiger partial charge in [0.25, 0.3) is 6.71 Å². The van der Waals surface area contributed by atoms with Crippen molar-refractivity contribution >= 4 is 69.3 Å². The van der Waals surface area contributed by atoms with E-state index in [1.807, 2.05) is 0 Å². The van der Waals surface area contributed by atoms with E-state index in [4.69, 9.17) is 0 Å². The summed E-state index contributed by atoms with van der Waals surface area (Å²) in [5.41, 5.74) is 26.0. The summed E-state index contributed by atoms with van der Waals surface area (Å²) in [7, 11) is 0. The van der Waals surface area contributed by atoms with Crippen molar-refractivity contribution in [2.75, 3.05) is 9.71 Å². The Hall–Kier alpha value is -4.95. The minimum atomic E-state index is -0.0411. The van der Waals surface area contributed by atoms with Gasteiger partial charge in [-0.1, -0.05) is 177 Å². The molecule has 4 heterocycles. The van der Waals surface area contributed by atoms with Gasteiger partial charge < -0.3 is 9.71 Å². The van der Waals surface area contributed by atoms with E-state index in [1.54, 1.807) is 0 Å². The van der Waals surface area contributed by atoms with Crippen molar-refractivity contribution in [2.45, 2.75) is 131 Å². The number of hydrogen-bond donors (Lipinski definition) is 0. The van der Waals surface area contributed by atoms with Crippen LogP contribution in [0.5, 0.6) is 0 Å². The summed E-state index contributed by atoms with van der Waals surface area (Å²) >= 11 is 0. The van der Waals surface area contributed by atoms with Crippen molar-refractivity contribution < 1.29 is 0 Å². The van der Waals surface area contributed by atoms with Gasteiger partial charge in [0.1, 0.15) is 0 Å². The fraction of sp³-hybridized carbons (Fsp3) is 0.357. The largest absolute Gasteiger partial charge is 0.377 e. The lowest BCUT2D eigenvalue weighted by atomic mass is 9.30. The normalized spacial score (nSPS) is 15.1. The Morgan fingerprint density at radius 2 is 0.783 bits per heavy atom. The SMILES string of the molecule is CC(C)(C)c1ccc(N2c3ccc(C(C)(C)C)cc3B3c4cc(C(C)(C)C)cc5c4N4B(c6cc(C(C)(C)C)ccc6-5)c5cc(C(C)(C)C)ccc5-c5ccc2c3c54)cc1. The maximum atomic E-state index is 2.82. The van der Waals surface area contributed by atoms with E-state index in [1.165, 1.54) is 106 Å². The van der Waals surface area contributed by atoms with E-state index in [9.17, 15) is 0 Å². The molecule has 0 unspecified atom stereocenters.